The number of imidazole rings is 1. The van der Waals surface area contributed by atoms with Crippen molar-refractivity contribution in [3.8, 4) is 11.5 Å². The van der Waals surface area contributed by atoms with E-state index < -0.39 is 0 Å². The molecule has 22 heavy (non-hydrogen) atoms. The Hall–Kier alpha value is -2.31. The summed E-state index contributed by atoms with van der Waals surface area (Å²) in [7, 11) is 1.47. The lowest BCUT2D eigenvalue weighted by Crippen LogP contribution is -1.99. The maximum Gasteiger partial charge on any atom is 0.205 e. The number of aromatic hydroxyl groups is 1. The van der Waals surface area contributed by atoms with Crippen molar-refractivity contribution in [2.24, 2.45) is 0 Å². The molecule has 0 fully saturated rings. The van der Waals surface area contributed by atoms with Gasteiger partial charge >= 0.3 is 0 Å². The second kappa shape index (κ2) is 5.82. The lowest BCUT2D eigenvalue weighted by atomic mass is 10.1. The van der Waals surface area contributed by atoms with Crippen molar-refractivity contribution in [1.82, 2.24) is 9.38 Å². The molecule has 0 aliphatic heterocycles. The van der Waals surface area contributed by atoms with Gasteiger partial charge in [0.25, 0.3) is 0 Å². The summed E-state index contributed by atoms with van der Waals surface area (Å²) >= 11 is 7.42. The fourth-order valence-electron chi connectivity index (χ4n) is 2.04. The highest BCUT2D eigenvalue weighted by molar-refractivity contribution is 7.15. The van der Waals surface area contributed by atoms with Gasteiger partial charge in [0.2, 0.25) is 5.78 Å². The number of hydrogen-bond acceptors (Lipinski definition) is 5. The lowest BCUT2D eigenvalue weighted by molar-refractivity contribution is 0.104. The number of halogens is 1. The molecule has 2 heterocycles. The van der Waals surface area contributed by atoms with Crippen molar-refractivity contribution in [2.45, 2.75) is 0 Å². The summed E-state index contributed by atoms with van der Waals surface area (Å²) in [5.41, 5.74) is 1.00. The van der Waals surface area contributed by atoms with E-state index in [9.17, 15) is 9.90 Å². The van der Waals surface area contributed by atoms with Crippen LogP contribution >= 0.6 is 22.9 Å². The highest BCUT2D eigenvalue weighted by Crippen LogP contribution is 2.27. The van der Waals surface area contributed by atoms with Crippen LogP contribution in [0.1, 0.15) is 16.1 Å². The van der Waals surface area contributed by atoms with Crippen molar-refractivity contribution >= 4 is 39.8 Å². The van der Waals surface area contributed by atoms with E-state index in [1.807, 2.05) is 5.38 Å². The number of thiazole rings is 1. The number of aromatic nitrogens is 2. The Morgan fingerprint density at radius 1 is 1.50 bits per heavy atom. The van der Waals surface area contributed by atoms with Gasteiger partial charge in [0.05, 0.1) is 7.11 Å². The van der Waals surface area contributed by atoms with Gasteiger partial charge in [0.15, 0.2) is 21.6 Å². The molecule has 7 heteroatoms. The Kier molecular flexibility index (Phi) is 3.87. The van der Waals surface area contributed by atoms with Crippen LogP contribution in [0.3, 0.4) is 0 Å². The molecule has 0 unspecified atom stereocenters. The molecule has 0 aliphatic carbocycles. The number of methoxy groups -OCH3 is 1. The fourth-order valence-corrected chi connectivity index (χ4v) is 3.07. The molecule has 1 N–H and O–H groups in total. The maximum absolute atomic E-state index is 12.3. The number of nitrogens with zero attached hydrogens (tertiary/aromatic N) is 2. The predicted octanol–water partition coefficient (Wildman–Crippen LogP) is 3.66. The first-order valence-electron chi connectivity index (χ1n) is 6.30. The van der Waals surface area contributed by atoms with Crippen molar-refractivity contribution in [3.63, 3.8) is 0 Å². The zero-order chi connectivity index (χ0) is 15.7. The first kappa shape index (κ1) is 14.6. The van der Waals surface area contributed by atoms with Gasteiger partial charge in [0, 0.05) is 11.6 Å². The molecular formula is C15H11ClN2O3S. The number of benzene rings is 1. The Bertz CT molecular complexity index is 882. The average molecular weight is 335 g/mol. The molecule has 0 aliphatic rings. The van der Waals surface area contributed by atoms with Gasteiger partial charge in [-0.25, -0.2) is 4.98 Å². The highest BCUT2D eigenvalue weighted by Gasteiger charge is 2.16. The molecule has 0 bridgehead atoms. The van der Waals surface area contributed by atoms with Gasteiger partial charge in [-0.1, -0.05) is 23.7 Å². The van der Waals surface area contributed by atoms with Crippen molar-refractivity contribution in [1.29, 1.82) is 0 Å². The maximum atomic E-state index is 12.3. The van der Waals surface area contributed by atoms with Gasteiger partial charge < -0.3 is 9.84 Å². The lowest BCUT2D eigenvalue weighted by Gasteiger charge is -2.03. The van der Waals surface area contributed by atoms with Gasteiger partial charge in [-0.15, -0.1) is 11.3 Å². The number of carbonyl (C=O) groups excluding carboxylic acids is 1. The minimum absolute atomic E-state index is 0.0136. The van der Waals surface area contributed by atoms with Crippen LogP contribution in [0.4, 0.5) is 0 Å². The molecule has 0 saturated heterocycles. The summed E-state index contributed by atoms with van der Waals surface area (Å²) < 4.78 is 6.63. The van der Waals surface area contributed by atoms with Crippen LogP contribution < -0.4 is 4.74 Å². The van der Waals surface area contributed by atoms with Crippen LogP contribution in [-0.2, 0) is 0 Å². The molecule has 112 valence electrons. The molecule has 0 radical (unpaired) electrons. The summed E-state index contributed by atoms with van der Waals surface area (Å²) in [6, 6.07) is 4.88. The van der Waals surface area contributed by atoms with Gasteiger partial charge in [-0.2, -0.15) is 0 Å². The summed E-state index contributed by atoms with van der Waals surface area (Å²) in [5.74, 6) is 0.133. The molecule has 0 amide bonds. The first-order valence-corrected chi connectivity index (χ1v) is 7.56. The van der Waals surface area contributed by atoms with Crippen LogP contribution in [-0.4, -0.2) is 27.4 Å². The van der Waals surface area contributed by atoms with E-state index in [-0.39, 0.29) is 16.7 Å². The number of carbonyl (C=O) groups is 1. The number of fused-ring (bicyclic) bond motifs is 1. The fraction of sp³-hybridized carbons (Fsp3) is 0.0667. The third-order valence-corrected chi connectivity index (χ3v) is 4.10. The van der Waals surface area contributed by atoms with Crippen molar-refractivity contribution in [2.75, 3.05) is 7.11 Å². The van der Waals surface area contributed by atoms with Crippen LogP contribution in [0.25, 0.3) is 11.0 Å². The smallest absolute Gasteiger partial charge is 0.205 e. The van der Waals surface area contributed by atoms with Crippen molar-refractivity contribution in [3.05, 3.63) is 52.3 Å². The molecule has 0 spiro atoms. The zero-order valence-electron chi connectivity index (χ0n) is 11.5. The topological polar surface area (TPSA) is 63.8 Å². The normalized spacial score (nSPS) is 11.4. The van der Waals surface area contributed by atoms with E-state index in [0.717, 1.165) is 0 Å². The van der Waals surface area contributed by atoms with E-state index in [1.54, 1.807) is 28.8 Å². The molecular weight excluding hydrogens is 324 g/mol. The van der Waals surface area contributed by atoms with Crippen LogP contribution in [0.15, 0.2) is 35.9 Å². The number of ketones is 1. The number of phenolic OH excluding ortho intramolecular Hbond substituents is 1. The second-order valence-corrected chi connectivity index (χ2v) is 5.67. The standard InChI is InChI=1S/C15H11ClN2O3S/c1-21-12-5-3-9(8-11(12)20)2-4-10(19)13-14(16)17-15-18(13)6-7-22-15/h2-8,20H,1H3/b4-2+. The third kappa shape index (κ3) is 2.58. The van der Waals surface area contributed by atoms with E-state index in [4.69, 9.17) is 16.3 Å². The number of phenols is 1. The zero-order valence-corrected chi connectivity index (χ0v) is 13.1. The van der Waals surface area contributed by atoms with E-state index >= 15 is 0 Å². The van der Waals surface area contributed by atoms with E-state index in [0.29, 0.717) is 22.0 Å². The summed E-state index contributed by atoms with van der Waals surface area (Å²) in [4.78, 5) is 17.1. The highest BCUT2D eigenvalue weighted by atomic mass is 35.5. The third-order valence-electron chi connectivity index (χ3n) is 3.08. The summed E-state index contributed by atoms with van der Waals surface area (Å²) in [6.45, 7) is 0. The monoisotopic (exact) mass is 334 g/mol. The Balaban J connectivity index is 1.89. The van der Waals surface area contributed by atoms with Crippen molar-refractivity contribution < 1.29 is 14.6 Å². The molecule has 2 aromatic heterocycles. The Morgan fingerprint density at radius 2 is 2.32 bits per heavy atom. The summed E-state index contributed by atoms with van der Waals surface area (Å²) in [5, 5.41) is 11.7. The molecule has 5 nitrogen and oxygen atoms in total. The quantitative estimate of drug-likeness (QED) is 0.584. The van der Waals surface area contributed by atoms with Gasteiger partial charge in [-0.3, -0.25) is 9.20 Å². The number of ether oxygens (including phenoxy) is 1. The molecule has 3 aromatic rings. The number of allylic oxidation sites excluding steroid dienone is 1. The molecule has 3 rings (SSSR count). The average Bonchev–Trinajstić information content (AvgIpc) is 3.04. The van der Waals surface area contributed by atoms with E-state index in [1.165, 1.54) is 30.6 Å². The minimum Gasteiger partial charge on any atom is -0.504 e. The number of hydrogen-bond donors (Lipinski definition) is 1. The van der Waals surface area contributed by atoms with Crippen LogP contribution in [0.5, 0.6) is 11.5 Å². The Morgan fingerprint density at radius 3 is 3.05 bits per heavy atom. The van der Waals surface area contributed by atoms with E-state index in [2.05, 4.69) is 4.98 Å². The first-order chi connectivity index (χ1) is 10.6. The van der Waals surface area contributed by atoms with Crippen LogP contribution in [0, 0.1) is 0 Å². The number of rotatable bonds is 4. The van der Waals surface area contributed by atoms with Gasteiger partial charge in [-0.05, 0) is 23.8 Å². The Labute approximate surface area is 135 Å². The largest absolute Gasteiger partial charge is 0.504 e. The predicted molar refractivity (Wildman–Crippen MR) is 86.1 cm³/mol. The molecule has 0 saturated carbocycles. The van der Waals surface area contributed by atoms with Crippen LogP contribution in [0.2, 0.25) is 5.15 Å². The minimum atomic E-state index is -0.258. The molecule has 1 aromatic carbocycles. The summed E-state index contributed by atoms with van der Waals surface area (Å²) in [6.07, 6.45) is 4.75. The molecule has 0 atom stereocenters. The SMILES string of the molecule is COc1ccc(/C=C/C(=O)c2c(Cl)nc3sccn23)cc1O. The second-order valence-electron chi connectivity index (χ2n) is 4.44. The van der Waals surface area contributed by atoms with Gasteiger partial charge in [0.1, 0.15) is 5.69 Å².